The van der Waals surface area contributed by atoms with Gasteiger partial charge in [-0.1, -0.05) is 48.2 Å². The van der Waals surface area contributed by atoms with Gasteiger partial charge in [0.15, 0.2) is 4.32 Å². The predicted octanol–water partition coefficient (Wildman–Crippen LogP) is 7.34. The summed E-state index contributed by atoms with van der Waals surface area (Å²) >= 11 is 13.8. The Morgan fingerprint density at radius 1 is 1.09 bits per heavy atom. The van der Waals surface area contributed by atoms with Crippen LogP contribution in [0.5, 0.6) is 11.5 Å². The lowest BCUT2D eigenvalue weighted by Crippen LogP contribution is -2.27. The van der Waals surface area contributed by atoms with Crippen molar-refractivity contribution in [3.8, 4) is 11.5 Å². The van der Waals surface area contributed by atoms with E-state index in [4.69, 9.17) is 21.7 Å². The van der Waals surface area contributed by atoms with Crippen LogP contribution in [0.2, 0.25) is 0 Å². The number of benzene rings is 3. The van der Waals surface area contributed by atoms with Crippen molar-refractivity contribution in [1.29, 1.82) is 0 Å². The maximum atomic E-state index is 13.1. The first-order valence-electron chi connectivity index (χ1n) is 9.64. The number of rotatable bonds is 6. The van der Waals surface area contributed by atoms with Gasteiger partial charge in [0.2, 0.25) is 0 Å². The molecule has 3 aromatic carbocycles. The lowest BCUT2D eigenvalue weighted by molar-refractivity contribution is -0.113. The third-order valence-corrected chi connectivity index (χ3v) is 7.21. The number of carbonyl (C=O) groups excluding carboxylic acids is 1. The number of thioether (sulfide) groups is 1. The number of ether oxygens (including phenoxy) is 2. The molecule has 33 heavy (non-hydrogen) atoms. The maximum absolute atomic E-state index is 13.1. The van der Waals surface area contributed by atoms with E-state index in [1.165, 1.54) is 28.8 Å². The Bertz CT molecular complexity index is 1240. The number of carbonyl (C=O) groups is 1. The van der Waals surface area contributed by atoms with Crippen molar-refractivity contribution in [2.75, 3.05) is 12.0 Å². The number of amides is 1. The molecule has 1 fully saturated rings. The molecule has 1 aliphatic rings. The molecular weight excluding hydrogens is 593 g/mol. The van der Waals surface area contributed by atoms with Gasteiger partial charge in [0, 0.05) is 0 Å². The molecule has 0 spiro atoms. The molecule has 4 rings (SSSR count). The molecule has 0 aliphatic carbocycles. The molecule has 0 N–H and O–H groups in total. The molecule has 9 heteroatoms. The standard InChI is InChI=1S/C24H16Br2FNO3S2/c1-30-20-5-3-2-4-19(20)28-23(29)21(33-24(28)32)12-15-10-17(25)22(18(26)11-15)31-13-14-6-8-16(27)9-7-14/h2-12H,13H2,1H3/b21-12+. The number of nitrogens with zero attached hydrogens (tertiary/aromatic N) is 1. The Morgan fingerprint density at radius 3 is 2.42 bits per heavy atom. The van der Waals surface area contributed by atoms with Crippen LogP contribution in [0.4, 0.5) is 10.1 Å². The normalized spacial score (nSPS) is 14.8. The van der Waals surface area contributed by atoms with Crippen LogP contribution in [0.1, 0.15) is 11.1 Å². The fourth-order valence-corrected chi connectivity index (χ4v) is 5.91. The molecule has 0 aromatic heterocycles. The van der Waals surface area contributed by atoms with Crippen LogP contribution >= 0.6 is 55.8 Å². The van der Waals surface area contributed by atoms with E-state index in [-0.39, 0.29) is 18.3 Å². The number of hydrogen-bond donors (Lipinski definition) is 0. The fraction of sp³-hybridized carbons (Fsp3) is 0.0833. The summed E-state index contributed by atoms with van der Waals surface area (Å²) in [5.41, 5.74) is 2.25. The highest BCUT2D eigenvalue weighted by atomic mass is 79.9. The second-order valence-corrected chi connectivity index (χ2v) is 10.3. The van der Waals surface area contributed by atoms with Crippen molar-refractivity contribution >= 4 is 77.8 Å². The molecule has 0 bridgehead atoms. The molecule has 1 saturated heterocycles. The average molecular weight is 609 g/mol. The van der Waals surface area contributed by atoms with Gasteiger partial charge in [-0.05, 0) is 85.5 Å². The van der Waals surface area contributed by atoms with Crippen molar-refractivity contribution < 1.29 is 18.7 Å². The Labute approximate surface area is 217 Å². The summed E-state index contributed by atoms with van der Waals surface area (Å²) in [6, 6.07) is 17.1. The summed E-state index contributed by atoms with van der Waals surface area (Å²) in [5, 5.41) is 0. The largest absolute Gasteiger partial charge is 0.495 e. The summed E-state index contributed by atoms with van der Waals surface area (Å²) < 4.78 is 26.3. The van der Waals surface area contributed by atoms with Crippen LogP contribution in [0, 0.1) is 5.82 Å². The minimum atomic E-state index is -0.290. The highest BCUT2D eigenvalue weighted by molar-refractivity contribution is 9.11. The molecule has 0 unspecified atom stereocenters. The number of anilines is 1. The first-order chi connectivity index (χ1) is 15.9. The van der Waals surface area contributed by atoms with Gasteiger partial charge in [0.1, 0.15) is 23.9 Å². The number of halogens is 3. The Morgan fingerprint density at radius 2 is 1.76 bits per heavy atom. The minimum absolute atomic E-state index is 0.210. The van der Waals surface area contributed by atoms with Crippen LogP contribution in [0.25, 0.3) is 6.08 Å². The van der Waals surface area contributed by atoms with Gasteiger partial charge in [-0.2, -0.15) is 0 Å². The van der Waals surface area contributed by atoms with E-state index in [1.54, 1.807) is 37.5 Å². The lowest BCUT2D eigenvalue weighted by atomic mass is 10.2. The van der Waals surface area contributed by atoms with E-state index < -0.39 is 0 Å². The zero-order chi connectivity index (χ0) is 23.5. The summed E-state index contributed by atoms with van der Waals surface area (Å²) in [6.07, 6.45) is 1.79. The van der Waals surface area contributed by atoms with Crippen molar-refractivity contribution in [3.05, 3.63) is 91.5 Å². The molecule has 0 saturated carbocycles. The predicted molar refractivity (Wildman–Crippen MR) is 141 cm³/mol. The summed E-state index contributed by atoms with van der Waals surface area (Å²) in [7, 11) is 1.56. The fourth-order valence-electron chi connectivity index (χ4n) is 3.18. The lowest BCUT2D eigenvalue weighted by Gasteiger charge is -2.17. The maximum Gasteiger partial charge on any atom is 0.270 e. The van der Waals surface area contributed by atoms with Gasteiger partial charge < -0.3 is 9.47 Å². The molecule has 4 nitrogen and oxygen atoms in total. The number of thiocarbonyl (C=S) groups is 1. The zero-order valence-electron chi connectivity index (χ0n) is 17.2. The molecule has 1 heterocycles. The molecule has 3 aromatic rings. The van der Waals surface area contributed by atoms with E-state index in [1.807, 2.05) is 24.3 Å². The SMILES string of the molecule is COc1ccccc1N1C(=O)/C(=C\c2cc(Br)c(OCc3ccc(F)cc3)c(Br)c2)SC1=S. The van der Waals surface area contributed by atoms with E-state index in [0.29, 0.717) is 35.4 Å². The van der Waals surface area contributed by atoms with E-state index in [0.717, 1.165) is 11.1 Å². The highest BCUT2D eigenvalue weighted by Crippen LogP contribution is 2.41. The second kappa shape index (κ2) is 10.4. The average Bonchev–Trinajstić information content (AvgIpc) is 3.07. The molecule has 168 valence electrons. The van der Waals surface area contributed by atoms with Crippen LogP contribution in [-0.2, 0) is 11.4 Å². The summed E-state index contributed by atoms with van der Waals surface area (Å²) in [6.45, 7) is 0.286. The van der Waals surface area contributed by atoms with Crippen LogP contribution in [0.15, 0.2) is 74.5 Å². The van der Waals surface area contributed by atoms with Crippen LogP contribution in [0.3, 0.4) is 0 Å². The van der Waals surface area contributed by atoms with E-state index in [9.17, 15) is 9.18 Å². The van der Waals surface area contributed by atoms with Crippen LogP contribution in [-0.4, -0.2) is 17.3 Å². The number of hydrogen-bond acceptors (Lipinski definition) is 5. The van der Waals surface area contributed by atoms with Crippen molar-refractivity contribution in [2.45, 2.75) is 6.61 Å². The Kier molecular flexibility index (Phi) is 7.53. The third kappa shape index (κ3) is 5.32. The van der Waals surface area contributed by atoms with Gasteiger partial charge in [-0.25, -0.2) is 4.39 Å². The molecule has 1 amide bonds. The first kappa shape index (κ1) is 23.9. The zero-order valence-corrected chi connectivity index (χ0v) is 22.0. The third-order valence-electron chi connectivity index (χ3n) is 4.73. The Balaban J connectivity index is 1.56. The van der Waals surface area contributed by atoms with Crippen molar-refractivity contribution in [3.63, 3.8) is 0 Å². The molecule has 0 radical (unpaired) electrons. The number of para-hydroxylation sites is 2. The Hall–Kier alpha value is -2.20. The van der Waals surface area contributed by atoms with Crippen molar-refractivity contribution in [2.24, 2.45) is 0 Å². The van der Waals surface area contributed by atoms with Gasteiger partial charge >= 0.3 is 0 Å². The smallest absolute Gasteiger partial charge is 0.270 e. The summed E-state index contributed by atoms with van der Waals surface area (Å²) in [4.78, 5) is 15.1. The highest BCUT2D eigenvalue weighted by Gasteiger charge is 2.34. The van der Waals surface area contributed by atoms with Gasteiger partial charge in [0.05, 0.1) is 26.6 Å². The van der Waals surface area contributed by atoms with Crippen LogP contribution < -0.4 is 14.4 Å². The van der Waals surface area contributed by atoms with Gasteiger partial charge in [0.25, 0.3) is 5.91 Å². The second-order valence-electron chi connectivity index (χ2n) is 6.92. The first-order valence-corrected chi connectivity index (χ1v) is 12.5. The summed E-state index contributed by atoms with van der Waals surface area (Å²) in [5.74, 6) is 0.682. The molecule has 0 atom stereocenters. The quantitative estimate of drug-likeness (QED) is 0.216. The van der Waals surface area contributed by atoms with E-state index >= 15 is 0 Å². The topological polar surface area (TPSA) is 38.8 Å². The number of methoxy groups -OCH3 is 1. The minimum Gasteiger partial charge on any atom is -0.495 e. The van der Waals surface area contributed by atoms with Crippen molar-refractivity contribution in [1.82, 2.24) is 0 Å². The van der Waals surface area contributed by atoms with Gasteiger partial charge in [-0.3, -0.25) is 9.69 Å². The van der Waals surface area contributed by atoms with E-state index in [2.05, 4.69) is 31.9 Å². The molecular formula is C24H16Br2FNO3S2. The molecule has 1 aliphatic heterocycles. The monoisotopic (exact) mass is 607 g/mol. The van der Waals surface area contributed by atoms with Gasteiger partial charge in [-0.15, -0.1) is 0 Å².